The summed E-state index contributed by atoms with van der Waals surface area (Å²) in [6.07, 6.45) is 10.1. The number of likely N-dealkylation sites (N-methyl/N-ethyl adjacent to an activating group) is 1. The van der Waals surface area contributed by atoms with Gasteiger partial charge in [0.15, 0.2) is 0 Å². The predicted molar refractivity (Wildman–Crippen MR) is 95.6 cm³/mol. The van der Waals surface area contributed by atoms with Crippen LogP contribution in [0.1, 0.15) is 31.2 Å². The summed E-state index contributed by atoms with van der Waals surface area (Å²) < 4.78 is 0. The van der Waals surface area contributed by atoms with Crippen molar-refractivity contribution in [1.29, 1.82) is 0 Å². The maximum atomic E-state index is 10.5. The summed E-state index contributed by atoms with van der Waals surface area (Å²) in [7, 11) is 2.09. The van der Waals surface area contributed by atoms with Gasteiger partial charge in [-0.15, -0.1) is 0 Å². The van der Waals surface area contributed by atoms with Crippen LogP contribution in [0.25, 0.3) is 0 Å². The summed E-state index contributed by atoms with van der Waals surface area (Å²) in [4.78, 5) is 12.8. The van der Waals surface area contributed by atoms with E-state index in [0.717, 1.165) is 19.4 Å². The molecular formula is C20H27NO3. The van der Waals surface area contributed by atoms with Gasteiger partial charge in [-0.3, -0.25) is 9.69 Å². The summed E-state index contributed by atoms with van der Waals surface area (Å²) >= 11 is 0. The first kappa shape index (κ1) is 18.4. The quantitative estimate of drug-likeness (QED) is 0.539. The number of rotatable bonds is 9. The van der Waals surface area contributed by atoms with E-state index in [9.17, 15) is 9.90 Å². The third-order valence-electron chi connectivity index (χ3n) is 4.50. The first-order valence-corrected chi connectivity index (χ1v) is 8.55. The minimum absolute atomic E-state index is 0.148. The molecule has 0 spiro atoms. The summed E-state index contributed by atoms with van der Waals surface area (Å²) in [5, 5.41) is 18.8. The van der Waals surface area contributed by atoms with Gasteiger partial charge >= 0.3 is 5.97 Å². The maximum absolute atomic E-state index is 10.5. The Morgan fingerprint density at radius 3 is 2.67 bits per heavy atom. The number of hydrogen-bond acceptors (Lipinski definition) is 3. The van der Waals surface area contributed by atoms with Crippen molar-refractivity contribution in [1.82, 2.24) is 4.90 Å². The van der Waals surface area contributed by atoms with Gasteiger partial charge in [-0.25, -0.2) is 0 Å². The highest BCUT2D eigenvalue weighted by Crippen LogP contribution is 2.28. The number of aliphatic hydroxyl groups is 1. The van der Waals surface area contributed by atoms with Gasteiger partial charge in [0.25, 0.3) is 0 Å². The smallest absolute Gasteiger partial charge is 0.303 e. The van der Waals surface area contributed by atoms with Crippen molar-refractivity contribution in [3.05, 3.63) is 60.2 Å². The molecule has 0 heterocycles. The van der Waals surface area contributed by atoms with Crippen LogP contribution in [0, 0.1) is 5.92 Å². The molecule has 1 aliphatic carbocycles. The molecule has 4 nitrogen and oxygen atoms in total. The monoisotopic (exact) mass is 329 g/mol. The van der Waals surface area contributed by atoms with E-state index >= 15 is 0 Å². The normalized spacial score (nSPS) is 23.4. The number of aliphatic carboxylic acids is 1. The molecule has 1 aromatic rings. The summed E-state index contributed by atoms with van der Waals surface area (Å²) in [6, 6.07) is 10.5. The van der Waals surface area contributed by atoms with E-state index in [1.54, 1.807) is 0 Å². The molecule has 0 saturated carbocycles. The molecule has 0 bridgehead atoms. The van der Waals surface area contributed by atoms with E-state index < -0.39 is 12.1 Å². The lowest BCUT2D eigenvalue weighted by atomic mass is 9.94. The number of carboxylic acids is 1. The Balaban J connectivity index is 1.84. The Labute approximate surface area is 144 Å². The van der Waals surface area contributed by atoms with Crippen LogP contribution < -0.4 is 0 Å². The molecule has 4 heteroatoms. The zero-order valence-corrected chi connectivity index (χ0v) is 14.2. The number of benzene rings is 1. The molecule has 0 radical (unpaired) electrons. The molecule has 0 aliphatic heterocycles. The molecule has 2 rings (SSSR count). The van der Waals surface area contributed by atoms with Crippen LogP contribution in [0.5, 0.6) is 0 Å². The standard InChI is InChI=1S/C20H27NO3/c1-21(15-16-9-5-4-6-10-16)18-13-14-19(22)17(18)11-7-2-3-8-12-20(23)24/h2,4-7,9-10,13-14,17-19,22H,3,8,11-12,15H2,1H3,(H,23,24)/b7-2-/t17-,18+,19+/m1/s1. The highest BCUT2D eigenvalue weighted by atomic mass is 16.4. The number of nitrogens with zero attached hydrogens (tertiary/aromatic N) is 1. The first-order valence-electron chi connectivity index (χ1n) is 8.55. The van der Waals surface area contributed by atoms with Gasteiger partial charge in [-0.2, -0.15) is 0 Å². The van der Waals surface area contributed by atoms with Crippen LogP contribution in [0.3, 0.4) is 0 Å². The predicted octanol–water partition coefficient (Wildman–Crippen LogP) is 3.24. The lowest BCUT2D eigenvalue weighted by molar-refractivity contribution is -0.137. The van der Waals surface area contributed by atoms with Gasteiger partial charge in [0, 0.05) is 24.9 Å². The van der Waals surface area contributed by atoms with Gasteiger partial charge in [0.1, 0.15) is 0 Å². The second-order valence-corrected chi connectivity index (χ2v) is 6.42. The third-order valence-corrected chi connectivity index (χ3v) is 4.50. The van der Waals surface area contributed by atoms with E-state index in [1.807, 2.05) is 30.4 Å². The van der Waals surface area contributed by atoms with E-state index in [4.69, 9.17) is 5.11 Å². The van der Waals surface area contributed by atoms with Crippen molar-refractivity contribution in [2.45, 2.75) is 44.4 Å². The van der Waals surface area contributed by atoms with E-state index in [1.165, 1.54) is 5.56 Å². The highest BCUT2D eigenvalue weighted by molar-refractivity contribution is 5.66. The van der Waals surface area contributed by atoms with Crippen LogP contribution in [0.4, 0.5) is 0 Å². The average molecular weight is 329 g/mol. The van der Waals surface area contributed by atoms with Gasteiger partial charge in [0.05, 0.1) is 6.10 Å². The van der Waals surface area contributed by atoms with Crippen LogP contribution in [0.2, 0.25) is 0 Å². The molecule has 24 heavy (non-hydrogen) atoms. The molecule has 130 valence electrons. The van der Waals surface area contributed by atoms with Crippen molar-refractivity contribution in [2.24, 2.45) is 5.92 Å². The topological polar surface area (TPSA) is 60.8 Å². The fraction of sp³-hybridized carbons (Fsp3) is 0.450. The summed E-state index contributed by atoms with van der Waals surface area (Å²) in [6.45, 7) is 0.849. The molecule has 2 N–H and O–H groups in total. The van der Waals surface area contributed by atoms with Crippen LogP contribution in [0.15, 0.2) is 54.6 Å². The third kappa shape index (κ3) is 5.62. The van der Waals surface area contributed by atoms with E-state index in [2.05, 4.69) is 36.2 Å². The number of carboxylic acid groups (broad SMARTS) is 1. The fourth-order valence-electron chi connectivity index (χ4n) is 3.19. The highest BCUT2D eigenvalue weighted by Gasteiger charge is 2.31. The Bertz CT molecular complexity index is 568. The fourth-order valence-corrected chi connectivity index (χ4v) is 3.19. The van der Waals surface area contributed by atoms with Crippen molar-refractivity contribution in [2.75, 3.05) is 7.05 Å². The van der Waals surface area contributed by atoms with Crippen LogP contribution >= 0.6 is 0 Å². The number of unbranched alkanes of at least 4 members (excludes halogenated alkanes) is 1. The maximum Gasteiger partial charge on any atom is 0.303 e. The lowest BCUT2D eigenvalue weighted by Gasteiger charge is -2.30. The number of carbonyl (C=O) groups is 1. The van der Waals surface area contributed by atoms with Crippen LogP contribution in [-0.2, 0) is 11.3 Å². The van der Waals surface area contributed by atoms with Crippen molar-refractivity contribution >= 4 is 5.97 Å². The summed E-state index contributed by atoms with van der Waals surface area (Å²) in [5.41, 5.74) is 1.26. The van der Waals surface area contributed by atoms with Crippen molar-refractivity contribution in [3.8, 4) is 0 Å². The van der Waals surface area contributed by atoms with Gasteiger partial charge in [-0.05, 0) is 31.9 Å². The Kier molecular flexibility index (Phi) is 7.22. The Morgan fingerprint density at radius 2 is 1.96 bits per heavy atom. The van der Waals surface area contributed by atoms with Crippen molar-refractivity contribution < 1.29 is 15.0 Å². The molecule has 0 unspecified atom stereocenters. The average Bonchev–Trinajstić information content (AvgIpc) is 2.92. The summed E-state index contributed by atoms with van der Waals surface area (Å²) in [5.74, 6) is -0.601. The van der Waals surface area contributed by atoms with Gasteiger partial charge in [0.2, 0.25) is 0 Å². The molecule has 0 fully saturated rings. The number of aliphatic hydroxyl groups excluding tert-OH is 1. The first-order chi connectivity index (χ1) is 11.6. The Hall–Kier alpha value is -1.91. The zero-order valence-electron chi connectivity index (χ0n) is 14.2. The second kappa shape index (κ2) is 9.40. The van der Waals surface area contributed by atoms with Gasteiger partial charge in [-0.1, -0.05) is 54.6 Å². The van der Waals surface area contributed by atoms with Crippen molar-refractivity contribution in [3.63, 3.8) is 0 Å². The molecule has 1 aromatic carbocycles. The molecule has 1 aliphatic rings. The lowest BCUT2D eigenvalue weighted by Crippen LogP contribution is -2.37. The largest absolute Gasteiger partial charge is 0.481 e. The molecular weight excluding hydrogens is 302 g/mol. The number of hydrogen-bond donors (Lipinski definition) is 2. The molecule has 3 atom stereocenters. The Morgan fingerprint density at radius 1 is 1.21 bits per heavy atom. The second-order valence-electron chi connectivity index (χ2n) is 6.42. The zero-order chi connectivity index (χ0) is 17.4. The molecule has 0 saturated heterocycles. The van der Waals surface area contributed by atoms with Gasteiger partial charge < -0.3 is 10.2 Å². The molecule has 0 aromatic heterocycles. The number of allylic oxidation sites excluding steroid dienone is 2. The van der Waals surface area contributed by atoms with E-state index in [-0.39, 0.29) is 18.4 Å². The minimum Gasteiger partial charge on any atom is -0.481 e. The van der Waals surface area contributed by atoms with E-state index in [0.29, 0.717) is 6.42 Å². The molecule has 0 amide bonds. The minimum atomic E-state index is -0.749. The SMILES string of the molecule is CN(Cc1ccccc1)[C@H]1C=C[C@H](O)[C@@H]1C/C=C\CCCC(=O)O. The van der Waals surface area contributed by atoms with Crippen LogP contribution in [-0.4, -0.2) is 40.3 Å².